The second kappa shape index (κ2) is 4.70. The average Bonchev–Trinajstić information content (AvgIpc) is 2.32. The molecular weight excluding hydrogens is 264 g/mol. The Labute approximate surface area is 106 Å². The molecule has 2 aromatic rings. The zero-order valence-corrected chi connectivity index (χ0v) is 9.58. The number of hydrogen-bond acceptors (Lipinski definition) is 2. The molecule has 1 heterocycles. The van der Waals surface area contributed by atoms with Crippen molar-refractivity contribution in [1.29, 1.82) is 0 Å². The second-order valence-electron chi connectivity index (χ2n) is 3.49. The molecule has 0 atom stereocenters. The van der Waals surface area contributed by atoms with Crippen LogP contribution in [-0.4, -0.2) is 16.1 Å². The Kier molecular flexibility index (Phi) is 3.25. The van der Waals surface area contributed by atoms with E-state index >= 15 is 0 Å². The van der Waals surface area contributed by atoms with Crippen molar-refractivity contribution in [2.75, 3.05) is 0 Å². The molecule has 0 aliphatic rings. The SMILES string of the molecule is O=C(O)c1cc(Cl)ncc1-c1ccc(F)c(F)c1. The Morgan fingerprint density at radius 3 is 2.56 bits per heavy atom. The molecule has 1 N–H and O–H groups in total. The van der Waals surface area contributed by atoms with Gasteiger partial charge in [-0.2, -0.15) is 0 Å². The summed E-state index contributed by atoms with van der Waals surface area (Å²) in [5.74, 6) is -3.28. The van der Waals surface area contributed by atoms with Crippen LogP contribution >= 0.6 is 11.6 Å². The highest BCUT2D eigenvalue weighted by atomic mass is 35.5. The molecule has 0 aliphatic heterocycles. The first kappa shape index (κ1) is 12.4. The van der Waals surface area contributed by atoms with Crippen molar-refractivity contribution in [2.45, 2.75) is 0 Å². The molecule has 0 fully saturated rings. The molecule has 0 spiro atoms. The fraction of sp³-hybridized carbons (Fsp3) is 0. The van der Waals surface area contributed by atoms with Crippen molar-refractivity contribution < 1.29 is 18.7 Å². The lowest BCUT2D eigenvalue weighted by atomic mass is 10.0. The molecule has 3 nitrogen and oxygen atoms in total. The van der Waals surface area contributed by atoms with Crippen molar-refractivity contribution in [3.63, 3.8) is 0 Å². The maximum Gasteiger partial charge on any atom is 0.336 e. The van der Waals surface area contributed by atoms with Crippen LogP contribution in [0.3, 0.4) is 0 Å². The molecule has 0 radical (unpaired) electrons. The van der Waals surface area contributed by atoms with Crippen LogP contribution in [0.15, 0.2) is 30.5 Å². The number of carbonyl (C=O) groups is 1. The first-order valence-electron chi connectivity index (χ1n) is 4.83. The van der Waals surface area contributed by atoms with Gasteiger partial charge < -0.3 is 5.11 Å². The highest BCUT2D eigenvalue weighted by Gasteiger charge is 2.14. The van der Waals surface area contributed by atoms with Crippen molar-refractivity contribution in [2.24, 2.45) is 0 Å². The first-order valence-corrected chi connectivity index (χ1v) is 5.21. The molecule has 18 heavy (non-hydrogen) atoms. The minimum absolute atomic E-state index is 0.0127. The number of aromatic nitrogens is 1. The number of aromatic carboxylic acids is 1. The molecule has 0 saturated carbocycles. The van der Waals surface area contributed by atoms with Gasteiger partial charge in [0.15, 0.2) is 11.6 Å². The molecule has 0 saturated heterocycles. The summed E-state index contributed by atoms with van der Waals surface area (Å²) >= 11 is 5.60. The topological polar surface area (TPSA) is 50.2 Å². The van der Waals surface area contributed by atoms with E-state index in [2.05, 4.69) is 4.98 Å². The Hall–Kier alpha value is -2.01. The Morgan fingerprint density at radius 1 is 1.22 bits per heavy atom. The lowest BCUT2D eigenvalue weighted by Crippen LogP contribution is -2.01. The highest BCUT2D eigenvalue weighted by Crippen LogP contribution is 2.26. The standard InChI is InChI=1S/C12H6ClF2NO2/c13-11-4-7(12(17)18)8(5-16-11)6-1-2-9(14)10(15)3-6/h1-5H,(H,17,18). The number of carboxylic acids is 1. The van der Waals surface area contributed by atoms with E-state index in [1.54, 1.807) is 0 Å². The van der Waals surface area contributed by atoms with Gasteiger partial charge in [0.25, 0.3) is 0 Å². The van der Waals surface area contributed by atoms with Crippen molar-refractivity contribution in [3.8, 4) is 11.1 Å². The summed E-state index contributed by atoms with van der Waals surface area (Å²) in [4.78, 5) is 14.8. The van der Waals surface area contributed by atoms with Gasteiger partial charge in [-0.15, -0.1) is 0 Å². The van der Waals surface area contributed by atoms with Crippen LogP contribution in [0.1, 0.15) is 10.4 Å². The third kappa shape index (κ3) is 2.31. The molecule has 1 aromatic heterocycles. The van der Waals surface area contributed by atoms with Gasteiger partial charge in [-0.1, -0.05) is 17.7 Å². The van der Waals surface area contributed by atoms with Crippen LogP contribution in [-0.2, 0) is 0 Å². The maximum absolute atomic E-state index is 13.1. The normalized spacial score (nSPS) is 10.4. The summed E-state index contributed by atoms with van der Waals surface area (Å²) in [6.07, 6.45) is 1.21. The van der Waals surface area contributed by atoms with Crippen molar-refractivity contribution in [3.05, 3.63) is 52.8 Å². The molecule has 2 rings (SSSR count). The van der Waals surface area contributed by atoms with Crippen LogP contribution in [0.2, 0.25) is 5.15 Å². The third-order valence-corrected chi connectivity index (χ3v) is 2.54. The predicted octanol–water partition coefficient (Wildman–Crippen LogP) is 3.38. The minimum Gasteiger partial charge on any atom is -0.478 e. The quantitative estimate of drug-likeness (QED) is 0.850. The van der Waals surface area contributed by atoms with Gasteiger partial charge in [0.2, 0.25) is 0 Å². The number of carboxylic acid groups (broad SMARTS) is 1. The van der Waals surface area contributed by atoms with E-state index in [-0.39, 0.29) is 21.8 Å². The van der Waals surface area contributed by atoms with E-state index < -0.39 is 17.6 Å². The summed E-state index contributed by atoms with van der Waals surface area (Å²) in [5, 5.41) is 9.03. The van der Waals surface area contributed by atoms with Gasteiger partial charge in [-0.05, 0) is 23.8 Å². The largest absolute Gasteiger partial charge is 0.478 e. The molecule has 6 heteroatoms. The molecular formula is C12H6ClF2NO2. The van der Waals surface area contributed by atoms with Crippen molar-refractivity contribution in [1.82, 2.24) is 4.98 Å². The van der Waals surface area contributed by atoms with Gasteiger partial charge in [0, 0.05) is 11.8 Å². The van der Waals surface area contributed by atoms with E-state index in [1.807, 2.05) is 0 Å². The molecule has 92 valence electrons. The zero-order valence-electron chi connectivity index (χ0n) is 8.82. The van der Waals surface area contributed by atoms with Gasteiger partial charge in [0.1, 0.15) is 5.15 Å². The van der Waals surface area contributed by atoms with E-state index in [1.165, 1.54) is 12.3 Å². The number of nitrogens with zero attached hydrogens (tertiary/aromatic N) is 1. The molecule has 0 aliphatic carbocycles. The fourth-order valence-corrected chi connectivity index (χ4v) is 1.66. The predicted molar refractivity (Wildman–Crippen MR) is 61.6 cm³/mol. The lowest BCUT2D eigenvalue weighted by molar-refractivity contribution is 0.0697. The Balaban J connectivity index is 2.63. The summed E-state index contributed by atoms with van der Waals surface area (Å²) in [5.41, 5.74) is 0.266. The molecule has 0 amide bonds. The van der Waals surface area contributed by atoms with E-state index in [9.17, 15) is 13.6 Å². The van der Waals surface area contributed by atoms with Crippen LogP contribution in [0.5, 0.6) is 0 Å². The lowest BCUT2D eigenvalue weighted by Gasteiger charge is -2.06. The summed E-state index contributed by atoms with van der Waals surface area (Å²) < 4.78 is 25.9. The number of pyridine rings is 1. The average molecular weight is 270 g/mol. The smallest absolute Gasteiger partial charge is 0.336 e. The molecule has 0 unspecified atom stereocenters. The third-order valence-electron chi connectivity index (χ3n) is 2.33. The van der Waals surface area contributed by atoms with Gasteiger partial charge in [-0.25, -0.2) is 18.6 Å². The van der Waals surface area contributed by atoms with Gasteiger partial charge in [-0.3, -0.25) is 0 Å². The summed E-state index contributed by atoms with van der Waals surface area (Å²) in [6.45, 7) is 0. The van der Waals surface area contributed by atoms with Crippen LogP contribution in [0, 0.1) is 11.6 Å². The zero-order chi connectivity index (χ0) is 13.3. The number of rotatable bonds is 2. The number of halogens is 3. The summed E-state index contributed by atoms with van der Waals surface area (Å²) in [7, 11) is 0. The number of hydrogen-bond donors (Lipinski definition) is 1. The number of benzene rings is 1. The molecule has 0 bridgehead atoms. The second-order valence-corrected chi connectivity index (χ2v) is 3.87. The van der Waals surface area contributed by atoms with E-state index in [0.29, 0.717) is 0 Å². The van der Waals surface area contributed by atoms with E-state index in [0.717, 1.165) is 18.2 Å². The monoisotopic (exact) mass is 269 g/mol. The highest BCUT2D eigenvalue weighted by molar-refractivity contribution is 6.29. The minimum atomic E-state index is -1.22. The fourth-order valence-electron chi connectivity index (χ4n) is 1.50. The van der Waals surface area contributed by atoms with Crippen LogP contribution < -0.4 is 0 Å². The van der Waals surface area contributed by atoms with Crippen molar-refractivity contribution >= 4 is 17.6 Å². The van der Waals surface area contributed by atoms with E-state index in [4.69, 9.17) is 16.7 Å². The molecule has 1 aromatic carbocycles. The van der Waals surface area contributed by atoms with Crippen LogP contribution in [0.4, 0.5) is 8.78 Å². The van der Waals surface area contributed by atoms with Gasteiger partial charge >= 0.3 is 5.97 Å². The van der Waals surface area contributed by atoms with Crippen LogP contribution in [0.25, 0.3) is 11.1 Å². The Morgan fingerprint density at radius 2 is 1.94 bits per heavy atom. The summed E-state index contributed by atoms with van der Waals surface area (Å²) in [6, 6.07) is 4.26. The first-order chi connectivity index (χ1) is 8.49. The maximum atomic E-state index is 13.1. The Bertz CT molecular complexity index is 631. The van der Waals surface area contributed by atoms with Gasteiger partial charge in [0.05, 0.1) is 5.56 Å².